The van der Waals surface area contributed by atoms with Gasteiger partial charge in [-0.1, -0.05) is 12.7 Å². The van der Waals surface area contributed by atoms with Gasteiger partial charge in [-0.3, -0.25) is 9.89 Å². The summed E-state index contributed by atoms with van der Waals surface area (Å²) in [6.07, 6.45) is 1.12. The molecule has 1 saturated heterocycles. The van der Waals surface area contributed by atoms with Crippen molar-refractivity contribution in [2.24, 2.45) is 4.99 Å². The van der Waals surface area contributed by atoms with Gasteiger partial charge in [0.25, 0.3) is 0 Å². The molecule has 1 fully saturated rings. The Bertz CT molecular complexity index is 408. The summed E-state index contributed by atoms with van der Waals surface area (Å²) in [7, 11) is 0. The molecule has 2 aliphatic heterocycles. The highest BCUT2D eigenvalue weighted by Crippen LogP contribution is 2.24. The lowest BCUT2D eigenvalue weighted by Gasteiger charge is -2.31. The standard InChI is InChI=1S/C14H23N3O3/c1-4-7-20-14(19)17-9-11(18)8-12(17)13-15-5-6-16(13)10(2)3/h4,10-12,18H,1,5-9H2,2-3H3/t11-,12+/m1/s1. The number of hydrogen-bond acceptors (Lipinski definition) is 5. The quantitative estimate of drug-likeness (QED) is 0.776. The number of aliphatic imine (C=N–C) groups is 1. The number of ether oxygens (including phenoxy) is 1. The van der Waals surface area contributed by atoms with Crippen LogP contribution in [0.1, 0.15) is 20.3 Å². The number of likely N-dealkylation sites (tertiary alicyclic amines) is 1. The molecule has 2 aliphatic rings. The van der Waals surface area contributed by atoms with E-state index in [0.29, 0.717) is 19.0 Å². The lowest BCUT2D eigenvalue weighted by Crippen LogP contribution is -2.48. The Hall–Kier alpha value is -1.56. The van der Waals surface area contributed by atoms with E-state index in [0.717, 1.165) is 18.9 Å². The third-order valence-corrected chi connectivity index (χ3v) is 3.67. The van der Waals surface area contributed by atoms with Gasteiger partial charge in [0.2, 0.25) is 0 Å². The van der Waals surface area contributed by atoms with Gasteiger partial charge in [0.15, 0.2) is 0 Å². The Kier molecular flexibility index (Phi) is 4.65. The molecular weight excluding hydrogens is 258 g/mol. The van der Waals surface area contributed by atoms with E-state index in [-0.39, 0.29) is 12.6 Å². The molecule has 2 rings (SSSR count). The van der Waals surface area contributed by atoms with Crippen LogP contribution in [-0.2, 0) is 4.74 Å². The molecule has 0 unspecified atom stereocenters. The lowest BCUT2D eigenvalue weighted by atomic mass is 10.1. The number of amides is 1. The van der Waals surface area contributed by atoms with E-state index in [1.807, 2.05) is 0 Å². The second kappa shape index (κ2) is 6.26. The molecule has 0 saturated carbocycles. The van der Waals surface area contributed by atoms with Gasteiger partial charge in [0.05, 0.1) is 25.2 Å². The number of carbonyl (C=O) groups is 1. The molecule has 20 heavy (non-hydrogen) atoms. The smallest absolute Gasteiger partial charge is 0.410 e. The van der Waals surface area contributed by atoms with E-state index in [1.165, 1.54) is 6.08 Å². The molecule has 0 aliphatic carbocycles. The van der Waals surface area contributed by atoms with Gasteiger partial charge in [-0.15, -0.1) is 0 Å². The molecule has 0 radical (unpaired) electrons. The molecule has 1 N–H and O–H groups in total. The maximum Gasteiger partial charge on any atom is 0.410 e. The van der Waals surface area contributed by atoms with Gasteiger partial charge < -0.3 is 14.7 Å². The Balaban J connectivity index is 2.12. The first-order valence-corrected chi connectivity index (χ1v) is 7.08. The fourth-order valence-corrected chi connectivity index (χ4v) is 2.77. The van der Waals surface area contributed by atoms with E-state index in [9.17, 15) is 9.90 Å². The average Bonchev–Trinajstić information content (AvgIpc) is 3.01. The van der Waals surface area contributed by atoms with Gasteiger partial charge in [-0.05, 0) is 13.8 Å². The third kappa shape index (κ3) is 2.95. The van der Waals surface area contributed by atoms with Crippen molar-refractivity contribution in [3.63, 3.8) is 0 Å². The van der Waals surface area contributed by atoms with Crippen LogP contribution in [0.5, 0.6) is 0 Å². The van der Waals surface area contributed by atoms with Gasteiger partial charge in [-0.25, -0.2) is 4.79 Å². The van der Waals surface area contributed by atoms with Crippen LogP contribution < -0.4 is 0 Å². The summed E-state index contributed by atoms with van der Waals surface area (Å²) in [4.78, 5) is 20.4. The summed E-state index contributed by atoms with van der Waals surface area (Å²) in [6, 6.07) is 0.146. The Labute approximate surface area is 119 Å². The molecule has 0 bridgehead atoms. The van der Waals surface area contributed by atoms with Crippen LogP contribution in [0.4, 0.5) is 4.79 Å². The highest BCUT2D eigenvalue weighted by Gasteiger charge is 2.41. The zero-order valence-electron chi connectivity index (χ0n) is 12.2. The molecule has 2 atom stereocenters. The van der Waals surface area contributed by atoms with Crippen molar-refractivity contribution in [3.8, 4) is 0 Å². The fraction of sp³-hybridized carbons (Fsp3) is 0.714. The molecule has 0 aromatic rings. The first-order valence-electron chi connectivity index (χ1n) is 7.08. The molecule has 1 amide bonds. The number of carbonyl (C=O) groups excluding carboxylic acids is 1. The number of aliphatic hydroxyl groups excluding tert-OH is 1. The maximum atomic E-state index is 12.1. The third-order valence-electron chi connectivity index (χ3n) is 3.67. The molecular formula is C14H23N3O3. The van der Waals surface area contributed by atoms with Crippen molar-refractivity contribution in [1.82, 2.24) is 9.80 Å². The number of rotatable bonds is 4. The lowest BCUT2D eigenvalue weighted by molar-refractivity contribution is 0.107. The summed E-state index contributed by atoms with van der Waals surface area (Å²) in [5.74, 6) is 0.895. The highest BCUT2D eigenvalue weighted by atomic mass is 16.6. The highest BCUT2D eigenvalue weighted by molar-refractivity contribution is 5.92. The fourth-order valence-electron chi connectivity index (χ4n) is 2.77. The van der Waals surface area contributed by atoms with Crippen LogP contribution in [0.25, 0.3) is 0 Å². The van der Waals surface area contributed by atoms with Gasteiger partial charge in [-0.2, -0.15) is 0 Å². The predicted octanol–water partition coefficient (Wildman–Crippen LogP) is 0.867. The van der Waals surface area contributed by atoms with Crippen molar-refractivity contribution < 1.29 is 14.6 Å². The second-order valence-corrected chi connectivity index (χ2v) is 5.45. The number of β-amino-alcohol motifs (C(OH)–C–C–N with tert-alkyl or cyclic N) is 1. The van der Waals surface area contributed by atoms with Crippen molar-refractivity contribution in [2.75, 3.05) is 26.2 Å². The van der Waals surface area contributed by atoms with Crippen LogP contribution in [-0.4, -0.2) is 71.3 Å². The van der Waals surface area contributed by atoms with Crippen LogP contribution >= 0.6 is 0 Å². The number of nitrogens with zero attached hydrogens (tertiary/aromatic N) is 3. The van der Waals surface area contributed by atoms with Gasteiger partial charge >= 0.3 is 6.09 Å². The summed E-state index contributed by atoms with van der Waals surface area (Å²) in [5.41, 5.74) is 0. The first-order chi connectivity index (χ1) is 9.54. The van der Waals surface area contributed by atoms with Crippen molar-refractivity contribution >= 4 is 11.9 Å². The molecule has 6 nitrogen and oxygen atoms in total. The number of aliphatic hydroxyl groups is 1. The average molecular weight is 281 g/mol. The molecule has 2 heterocycles. The van der Waals surface area contributed by atoms with E-state index < -0.39 is 12.2 Å². The maximum absolute atomic E-state index is 12.1. The first kappa shape index (κ1) is 14.8. The van der Waals surface area contributed by atoms with Crippen LogP contribution in [0.2, 0.25) is 0 Å². The SMILES string of the molecule is C=CCOC(=O)N1C[C@H](O)C[C@H]1C1=NCCN1C(C)C. The molecule has 0 aromatic heterocycles. The topological polar surface area (TPSA) is 65.4 Å². The van der Waals surface area contributed by atoms with Crippen LogP contribution in [0, 0.1) is 0 Å². The summed E-state index contributed by atoms with van der Waals surface area (Å²) >= 11 is 0. The summed E-state index contributed by atoms with van der Waals surface area (Å²) in [5, 5.41) is 9.89. The van der Waals surface area contributed by atoms with E-state index >= 15 is 0 Å². The zero-order valence-corrected chi connectivity index (χ0v) is 12.2. The second-order valence-electron chi connectivity index (χ2n) is 5.45. The zero-order chi connectivity index (χ0) is 14.7. The van der Waals surface area contributed by atoms with Gasteiger partial charge in [0.1, 0.15) is 12.4 Å². The van der Waals surface area contributed by atoms with E-state index in [1.54, 1.807) is 4.90 Å². The normalized spacial score (nSPS) is 26.1. The minimum Gasteiger partial charge on any atom is -0.445 e. The Morgan fingerprint density at radius 3 is 3.05 bits per heavy atom. The number of amidine groups is 1. The van der Waals surface area contributed by atoms with Gasteiger partial charge in [0, 0.05) is 19.0 Å². The predicted molar refractivity (Wildman–Crippen MR) is 76.8 cm³/mol. The van der Waals surface area contributed by atoms with Crippen molar-refractivity contribution in [3.05, 3.63) is 12.7 Å². The minimum absolute atomic E-state index is 0.179. The Morgan fingerprint density at radius 1 is 1.65 bits per heavy atom. The monoisotopic (exact) mass is 281 g/mol. The van der Waals surface area contributed by atoms with E-state index in [4.69, 9.17) is 4.74 Å². The Morgan fingerprint density at radius 2 is 2.40 bits per heavy atom. The molecule has 112 valence electrons. The molecule has 6 heteroatoms. The van der Waals surface area contributed by atoms with Crippen molar-refractivity contribution in [2.45, 2.75) is 38.5 Å². The summed E-state index contributed by atoms with van der Waals surface area (Å²) in [6.45, 7) is 9.83. The molecule has 0 spiro atoms. The van der Waals surface area contributed by atoms with E-state index in [2.05, 4.69) is 30.3 Å². The molecule has 0 aromatic carbocycles. The van der Waals surface area contributed by atoms with Crippen LogP contribution in [0.3, 0.4) is 0 Å². The minimum atomic E-state index is -0.520. The van der Waals surface area contributed by atoms with Crippen LogP contribution in [0.15, 0.2) is 17.6 Å². The van der Waals surface area contributed by atoms with Crippen molar-refractivity contribution in [1.29, 1.82) is 0 Å². The largest absolute Gasteiger partial charge is 0.445 e. The number of hydrogen-bond donors (Lipinski definition) is 1. The summed E-state index contributed by atoms with van der Waals surface area (Å²) < 4.78 is 5.09.